The van der Waals surface area contributed by atoms with Gasteiger partial charge in [0.25, 0.3) is 5.91 Å². The van der Waals surface area contributed by atoms with E-state index in [9.17, 15) is 14.9 Å². The predicted octanol–water partition coefficient (Wildman–Crippen LogP) is 4.18. The van der Waals surface area contributed by atoms with E-state index in [0.29, 0.717) is 28.6 Å². The van der Waals surface area contributed by atoms with Crippen LogP contribution in [0.15, 0.2) is 64.1 Å². The SMILES string of the molecule is CCOc1cc(/C=C(\C#N)C(=O)NCc2ccco2)ccc1OC(=O)c1cccs1. The fourth-order valence-electron chi connectivity index (χ4n) is 2.50. The second-order valence-electron chi connectivity index (χ2n) is 5.94. The minimum absolute atomic E-state index is 0.0765. The maximum atomic E-state index is 12.3. The lowest BCUT2D eigenvalue weighted by Crippen LogP contribution is -2.23. The number of furan rings is 1. The molecular weight excluding hydrogens is 404 g/mol. The normalized spacial score (nSPS) is 10.9. The van der Waals surface area contributed by atoms with E-state index in [4.69, 9.17) is 13.9 Å². The highest BCUT2D eigenvalue weighted by atomic mass is 32.1. The summed E-state index contributed by atoms with van der Waals surface area (Å²) in [6.45, 7) is 2.33. The van der Waals surface area contributed by atoms with Crippen LogP contribution in [0, 0.1) is 11.3 Å². The Kier molecular flexibility index (Phi) is 7.03. The van der Waals surface area contributed by atoms with E-state index >= 15 is 0 Å². The lowest BCUT2D eigenvalue weighted by Gasteiger charge is -2.11. The molecule has 3 aromatic rings. The number of nitriles is 1. The van der Waals surface area contributed by atoms with Crippen LogP contribution in [0.5, 0.6) is 11.5 Å². The molecule has 7 nitrogen and oxygen atoms in total. The zero-order chi connectivity index (χ0) is 21.3. The summed E-state index contributed by atoms with van der Waals surface area (Å²) >= 11 is 1.28. The predicted molar refractivity (Wildman–Crippen MR) is 111 cm³/mol. The Bertz CT molecular complexity index is 1080. The van der Waals surface area contributed by atoms with Crippen LogP contribution in [0.1, 0.15) is 27.9 Å². The molecule has 1 N–H and O–H groups in total. The molecule has 152 valence electrons. The summed E-state index contributed by atoms with van der Waals surface area (Å²) in [5.41, 5.74) is 0.478. The van der Waals surface area contributed by atoms with Crippen LogP contribution in [0.2, 0.25) is 0 Å². The number of carbonyl (C=O) groups excluding carboxylic acids is 2. The number of hydrogen-bond donors (Lipinski definition) is 1. The van der Waals surface area contributed by atoms with Crippen molar-refractivity contribution >= 4 is 29.3 Å². The molecule has 1 aromatic carbocycles. The second kappa shape index (κ2) is 10.1. The molecule has 0 radical (unpaired) electrons. The number of nitrogens with zero attached hydrogens (tertiary/aromatic N) is 1. The van der Waals surface area contributed by atoms with Crippen molar-refractivity contribution in [1.29, 1.82) is 5.26 Å². The molecule has 0 aliphatic heterocycles. The van der Waals surface area contributed by atoms with Crippen molar-refractivity contribution < 1.29 is 23.5 Å². The molecule has 0 bridgehead atoms. The summed E-state index contributed by atoms with van der Waals surface area (Å²) in [6, 6.07) is 13.6. The van der Waals surface area contributed by atoms with Crippen molar-refractivity contribution in [3.8, 4) is 17.6 Å². The number of amides is 1. The lowest BCUT2D eigenvalue weighted by molar-refractivity contribution is -0.117. The maximum absolute atomic E-state index is 12.3. The minimum Gasteiger partial charge on any atom is -0.490 e. The molecule has 0 fully saturated rings. The smallest absolute Gasteiger partial charge is 0.353 e. The topological polar surface area (TPSA) is 102 Å². The Morgan fingerprint density at radius 3 is 2.77 bits per heavy atom. The molecule has 2 heterocycles. The minimum atomic E-state index is -0.528. The number of hydrogen-bond acceptors (Lipinski definition) is 7. The van der Waals surface area contributed by atoms with Crippen LogP contribution in [-0.2, 0) is 11.3 Å². The van der Waals surface area contributed by atoms with Gasteiger partial charge in [-0.2, -0.15) is 5.26 Å². The summed E-state index contributed by atoms with van der Waals surface area (Å²) in [5, 5.41) is 13.8. The first-order chi connectivity index (χ1) is 14.6. The van der Waals surface area contributed by atoms with Gasteiger partial charge in [0.1, 0.15) is 22.3 Å². The largest absolute Gasteiger partial charge is 0.490 e. The van der Waals surface area contributed by atoms with Crippen molar-refractivity contribution in [2.45, 2.75) is 13.5 Å². The molecule has 0 aliphatic carbocycles. The van der Waals surface area contributed by atoms with Crippen LogP contribution in [0.3, 0.4) is 0 Å². The molecule has 1 amide bonds. The fourth-order valence-corrected chi connectivity index (χ4v) is 3.10. The Morgan fingerprint density at radius 1 is 1.23 bits per heavy atom. The second-order valence-corrected chi connectivity index (χ2v) is 6.89. The van der Waals surface area contributed by atoms with Crippen molar-refractivity contribution in [2.75, 3.05) is 6.61 Å². The standard InChI is InChI=1S/C22H18N2O5S/c1-2-27-19-12-15(7-8-18(19)29-22(26)20-6-4-10-30-20)11-16(13-23)21(25)24-14-17-5-3-9-28-17/h3-12H,2,14H2,1H3,(H,24,25)/b16-11+. The average molecular weight is 422 g/mol. The molecule has 0 spiro atoms. The van der Waals surface area contributed by atoms with Crippen LogP contribution in [-0.4, -0.2) is 18.5 Å². The third kappa shape index (κ3) is 5.37. The summed E-state index contributed by atoms with van der Waals surface area (Å²) in [4.78, 5) is 25.0. The molecule has 0 unspecified atom stereocenters. The van der Waals surface area contributed by atoms with Crippen LogP contribution in [0.4, 0.5) is 0 Å². The average Bonchev–Trinajstić information content (AvgIpc) is 3.46. The van der Waals surface area contributed by atoms with Gasteiger partial charge in [-0.05, 0) is 54.3 Å². The van der Waals surface area contributed by atoms with Gasteiger partial charge in [-0.15, -0.1) is 11.3 Å². The number of nitrogens with one attached hydrogen (secondary N) is 1. The van der Waals surface area contributed by atoms with E-state index in [1.807, 2.05) is 6.07 Å². The molecule has 0 atom stereocenters. The highest BCUT2D eigenvalue weighted by molar-refractivity contribution is 7.12. The summed E-state index contributed by atoms with van der Waals surface area (Å²) in [7, 11) is 0. The lowest BCUT2D eigenvalue weighted by atomic mass is 10.1. The van der Waals surface area contributed by atoms with E-state index in [2.05, 4.69) is 5.32 Å². The highest BCUT2D eigenvalue weighted by Gasteiger charge is 2.15. The third-order valence-electron chi connectivity index (χ3n) is 3.87. The zero-order valence-electron chi connectivity index (χ0n) is 16.1. The molecule has 8 heteroatoms. The Hall–Kier alpha value is -3.83. The number of thiophene rings is 1. The van der Waals surface area contributed by atoms with Gasteiger partial charge in [0.05, 0.1) is 19.4 Å². The van der Waals surface area contributed by atoms with Gasteiger partial charge in [0.2, 0.25) is 0 Å². The maximum Gasteiger partial charge on any atom is 0.353 e. The van der Waals surface area contributed by atoms with Crippen molar-refractivity contribution in [3.05, 3.63) is 75.9 Å². The van der Waals surface area contributed by atoms with Crippen LogP contribution in [0.25, 0.3) is 6.08 Å². The Labute approximate surface area is 177 Å². The van der Waals surface area contributed by atoms with Crippen LogP contribution >= 0.6 is 11.3 Å². The van der Waals surface area contributed by atoms with E-state index in [1.165, 1.54) is 23.7 Å². The highest BCUT2D eigenvalue weighted by Crippen LogP contribution is 2.30. The Morgan fingerprint density at radius 2 is 2.10 bits per heavy atom. The molecule has 2 aromatic heterocycles. The zero-order valence-corrected chi connectivity index (χ0v) is 16.9. The van der Waals surface area contributed by atoms with Crippen LogP contribution < -0.4 is 14.8 Å². The van der Waals surface area contributed by atoms with Crippen molar-refractivity contribution in [1.82, 2.24) is 5.32 Å². The third-order valence-corrected chi connectivity index (χ3v) is 4.72. The summed E-state index contributed by atoms with van der Waals surface area (Å²) in [5.74, 6) is 0.165. The van der Waals surface area contributed by atoms with E-state index in [0.717, 1.165) is 0 Å². The first-order valence-corrected chi connectivity index (χ1v) is 9.93. The molecule has 0 aliphatic rings. The Balaban J connectivity index is 1.77. The van der Waals surface area contributed by atoms with Crippen molar-refractivity contribution in [3.63, 3.8) is 0 Å². The van der Waals surface area contributed by atoms with E-state index in [-0.39, 0.29) is 17.9 Å². The number of carbonyl (C=O) groups is 2. The van der Waals surface area contributed by atoms with Gasteiger partial charge in [0.15, 0.2) is 11.5 Å². The molecule has 0 saturated heterocycles. The number of esters is 1. The molecular formula is C22H18N2O5S. The fraction of sp³-hybridized carbons (Fsp3) is 0.136. The number of ether oxygens (including phenoxy) is 2. The van der Waals surface area contributed by atoms with Gasteiger partial charge < -0.3 is 19.2 Å². The van der Waals surface area contributed by atoms with Gasteiger partial charge in [-0.25, -0.2) is 4.79 Å². The number of rotatable bonds is 8. The summed E-state index contributed by atoms with van der Waals surface area (Å²) in [6.07, 6.45) is 2.94. The molecule has 30 heavy (non-hydrogen) atoms. The van der Waals surface area contributed by atoms with Crippen molar-refractivity contribution in [2.24, 2.45) is 0 Å². The molecule has 0 saturated carbocycles. The summed E-state index contributed by atoms with van der Waals surface area (Å²) < 4.78 is 16.2. The van der Waals surface area contributed by atoms with E-state index < -0.39 is 11.9 Å². The van der Waals surface area contributed by atoms with Gasteiger partial charge in [-0.1, -0.05) is 12.1 Å². The molecule has 3 rings (SSSR count). The monoisotopic (exact) mass is 422 g/mol. The first kappa shape index (κ1) is 20.9. The van der Waals surface area contributed by atoms with Gasteiger partial charge in [-0.3, -0.25) is 4.79 Å². The quantitative estimate of drug-likeness (QED) is 0.253. The van der Waals surface area contributed by atoms with Gasteiger partial charge in [0, 0.05) is 0 Å². The first-order valence-electron chi connectivity index (χ1n) is 9.05. The van der Waals surface area contributed by atoms with E-state index in [1.54, 1.807) is 54.8 Å². The number of benzene rings is 1. The van der Waals surface area contributed by atoms with Gasteiger partial charge >= 0.3 is 5.97 Å².